The highest BCUT2D eigenvalue weighted by Crippen LogP contribution is 2.34. The molecule has 0 aromatic heterocycles. The Morgan fingerprint density at radius 3 is 2.24 bits per heavy atom. The van der Waals surface area contributed by atoms with Gasteiger partial charge >= 0.3 is 0 Å². The molecule has 0 radical (unpaired) electrons. The third-order valence-corrected chi connectivity index (χ3v) is 7.03. The van der Waals surface area contributed by atoms with Crippen molar-refractivity contribution in [3.05, 3.63) is 107 Å². The Balaban J connectivity index is 1.28. The number of carbonyl (C=O) groups excluding carboxylic acids is 2. The second-order valence-corrected chi connectivity index (χ2v) is 9.36. The predicted molar refractivity (Wildman–Crippen MR) is 133 cm³/mol. The Bertz CT molecular complexity index is 1150. The van der Waals surface area contributed by atoms with E-state index in [1.807, 2.05) is 40.1 Å². The minimum atomic E-state index is -0.268. The molecule has 1 fully saturated rings. The number of amides is 2. The minimum Gasteiger partial charge on any atom is -0.340 e. The molecule has 5 heteroatoms. The van der Waals surface area contributed by atoms with Crippen LogP contribution in [0.3, 0.4) is 0 Å². The van der Waals surface area contributed by atoms with Crippen molar-refractivity contribution in [2.45, 2.75) is 32.5 Å². The van der Waals surface area contributed by atoms with Crippen molar-refractivity contribution >= 4 is 11.8 Å². The molecular formula is C29H31N3O2. The third kappa shape index (κ3) is 4.75. The van der Waals surface area contributed by atoms with E-state index in [9.17, 15) is 9.59 Å². The summed E-state index contributed by atoms with van der Waals surface area (Å²) in [7, 11) is 0. The van der Waals surface area contributed by atoms with Crippen LogP contribution in [0.15, 0.2) is 78.9 Å². The van der Waals surface area contributed by atoms with Gasteiger partial charge in [0.2, 0.25) is 5.91 Å². The fourth-order valence-corrected chi connectivity index (χ4v) is 5.02. The van der Waals surface area contributed by atoms with Gasteiger partial charge in [0, 0.05) is 44.8 Å². The van der Waals surface area contributed by atoms with Crippen molar-refractivity contribution in [1.82, 2.24) is 14.7 Å². The Hall–Kier alpha value is -3.44. The fraction of sp³-hybridized carbons (Fsp3) is 0.310. The number of fused-ring (bicyclic) bond motifs is 1. The Kier molecular flexibility index (Phi) is 6.45. The highest BCUT2D eigenvalue weighted by atomic mass is 16.2. The second-order valence-electron chi connectivity index (χ2n) is 9.36. The lowest BCUT2D eigenvalue weighted by atomic mass is 9.99. The lowest BCUT2D eigenvalue weighted by Gasteiger charge is -2.36. The zero-order valence-electron chi connectivity index (χ0n) is 19.7. The van der Waals surface area contributed by atoms with Gasteiger partial charge in [0.15, 0.2) is 0 Å². The molecule has 3 aromatic rings. The van der Waals surface area contributed by atoms with Crippen LogP contribution >= 0.6 is 0 Å². The maximum Gasteiger partial charge on any atom is 0.255 e. The van der Waals surface area contributed by atoms with Crippen LogP contribution in [-0.4, -0.2) is 52.7 Å². The highest BCUT2D eigenvalue weighted by molar-refractivity contribution is 5.98. The Morgan fingerprint density at radius 2 is 1.53 bits per heavy atom. The minimum absolute atomic E-state index is 0.0154. The van der Waals surface area contributed by atoms with Gasteiger partial charge in [0.1, 0.15) is 0 Å². The Labute approximate surface area is 201 Å². The SMILES string of the molecule is Cc1ccc(C(CC(=O)N2CCN(Cc3ccccc3)CC2)N2Cc3ccccc3C2=O)cc1. The first-order valence-electron chi connectivity index (χ1n) is 12.1. The number of carbonyl (C=O) groups is 2. The average Bonchev–Trinajstić information content (AvgIpc) is 3.20. The summed E-state index contributed by atoms with van der Waals surface area (Å²) in [6.45, 7) is 6.69. The van der Waals surface area contributed by atoms with Gasteiger partial charge in [-0.2, -0.15) is 0 Å². The van der Waals surface area contributed by atoms with Crippen LogP contribution in [0, 0.1) is 6.92 Å². The molecule has 2 aliphatic rings. The molecule has 2 aliphatic heterocycles. The summed E-state index contributed by atoms with van der Waals surface area (Å²) in [6.07, 6.45) is 0.307. The number of hydrogen-bond acceptors (Lipinski definition) is 3. The van der Waals surface area contributed by atoms with Crippen molar-refractivity contribution in [2.24, 2.45) is 0 Å². The Morgan fingerprint density at radius 1 is 0.853 bits per heavy atom. The molecule has 5 rings (SSSR count). The third-order valence-electron chi connectivity index (χ3n) is 7.03. The van der Waals surface area contributed by atoms with Crippen molar-refractivity contribution in [3.63, 3.8) is 0 Å². The first-order chi connectivity index (χ1) is 16.6. The van der Waals surface area contributed by atoms with E-state index in [1.165, 1.54) is 11.1 Å². The van der Waals surface area contributed by atoms with Crippen LogP contribution in [0.5, 0.6) is 0 Å². The molecule has 1 unspecified atom stereocenters. The highest BCUT2D eigenvalue weighted by Gasteiger charge is 2.35. The number of piperazine rings is 1. The first kappa shape index (κ1) is 22.4. The number of benzene rings is 3. The summed E-state index contributed by atoms with van der Waals surface area (Å²) in [4.78, 5) is 32.9. The van der Waals surface area contributed by atoms with Gasteiger partial charge in [0.05, 0.1) is 12.5 Å². The van der Waals surface area contributed by atoms with Crippen LogP contribution in [0.1, 0.15) is 45.1 Å². The normalized spacial score (nSPS) is 17.0. The summed E-state index contributed by atoms with van der Waals surface area (Å²) in [6, 6.07) is 26.2. The van der Waals surface area contributed by atoms with E-state index >= 15 is 0 Å². The lowest BCUT2D eigenvalue weighted by Crippen LogP contribution is -2.49. The van der Waals surface area contributed by atoms with Gasteiger partial charge in [-0.3, -0.25) is 14.5 Å². The smallest absolute Gasteiger partial charge is 0.255 e. The van der Waals surface area contributed by atoms with E-state index < -0.39 is 0 Å². The van der Waals surface area contributed by atoms with E-state index in [4.69, 9.17) is 0 Å². The predicted octanol–water partition coefficient (Wildman–Crippen LogP) is 4.43. The van der Waals surface area contributed by atoms with Crippen LogP contribution < -0.4 is 0 Å². The van der Waals surface area contributed by atoms with E-state index in [1.54, 1.807) is 0 Å². The van der Waals surface area contributed by atoms with Gasteiger partial charge in [-0.15, -0.1) is 0 Å². The largest absolute Gasteiger partial charge is 0.340 e. The monoisotopic (exact) mass is 453 g/mol. The molecule has 0 bridgehead atoms. The van der Waals surface area contributed by atoms with E-state index in [2.05, 4.69) is 60.4 Å². The summed E-state index contributed by atoms with van der Waals surface area (Å²) in [5.74, 6) is 0.135. The fourth-order valence-electron chi connectivity index (χ4n) is 5.02. The zero-order valence-corrected chi connectivity index (χ0v) is 19.7. The summed E-state index contributed by atoms with van der Waals surface area (Å²) in [5, 5.41) is 0. The molecule has 2 amide bonds. The van der Waals surface area contributed by atoms with Crippen LogP contribution in [0.25, 0.3) is 0 Å². The van der Waals surface area contributed by atoms with Crippen molar-refractivity contribution < 1.29 is 9.59 Å². The van der Waals surface area contributed by atoms with Crippen LogP contribution in [0.2, 0.25) is 0 Å². The number of nitrogens with zero attached hydrogens (tertiary/aromatic N) is 3. The van der Waals surface area contributed by atoms with E-state index in [-0.39, 0.29) is 17.9 Å². The zero-order chi connectivity index (χ0) is 23.5. The number of rotatable bonds is 6. The molecule has 0 aliphatic carbocycles. The molecule has 174 valence electrons. The number of aryl methyl sites for hydroxylation is 1. The molecule has 5 nitrogen and oxygen atoms in total. The molecule has 1 saturated heterocycles. The van der Waals surface area contributed by atoms with Gasteiger partial charge in [-0.1, -0.05) is 78.4 Å². The molecule has 0 saturated carbocycles. The van der Waals surface area contributed by atoms with Crippen molar-refractivity contribution in [2.75, 3.05) is 26.2 Å². The molecule has 34 heavy (non-hydrogen) atoms. The van der Waals surface area contributed by atoms with Gasteiger partial charge < -0.3 is 9.80 Å². The average molecular weight is 454 g/mol. The number of hydrogen-bond donors (Lipinski definition) is 0. The van der Waals surface area contributed by atoms with E-state index in [0.29, 0.717) is 13.0 Å². The molecule has 3 aromatic carbocycles. The molecular weight excluding hydrogens is 422 g/mol. The second kappa shape index (κ2) is 9.82. The van der Waals surface area contributed by atoms with E-state index in [0.717, 1.165) is 49.4 Å². The lowest BCUT2D eigenvalue weighted by molar-refractivity contribution is -0.134. The standard InChI is InChI=1S/C29H31N3O2/c1-22-11-13-24(14-12-22)27(32-21-25-9-5-6-10-26(25)29(32)34)19-28(33)31-17-15-30(16-18-31)20-23-7-3-2-4-8-23/h2-14,27H,15-21H2,1H3. The molecule has 0 N–H and O–H groups in total. The maximum absolute atomic E-state index is 13.4. The summed E-state index contributed by atoms with van der Waals surface area (Å²) < 4.78 is 0. The molecule has 2 heterocycles. The van der Waals surface area contributed by atoms with Gasteiger partial charge in [0.25, 0.3) is 5.91 Å². The van der Waals surface area contributed by atoms with Crippen molar-refractivity contribution in [1.29, 1.82) is 0 Å². The van der Waals surface area contributed by atoms with Crippen molar-refractivity contribution in [3.8, 4) is 0 Å². The topological polar surface area (TPSA) is 43.9 Å². The van der Waals surface area contributed by atoms with Crippen LogP contribution in [0.4, 0.5) is 0 Å². The first-order valence-corrected chi connectivity index (χ1v) is 12.1. The molecule has 1 atom stereocenters. The summed E-state index contributed by atoms with van der Waals surface area (Å²) >= 11 is 0. The summed E-state index contributed by atoms with van der Waals surface area (Å²) in [5.41, 5.74) is 5.27. The quantitative estimate of drug-likeness (QED) is 0.555. The van der Waals surface area contributed by atoms with Gasteiger partial charge in [-0.05, 0) is 29.7 Å². The van der Waals surface area contributed by atoms with Crippen LogP contribution in [-0.2, 0) is 17.9 Å². The maximum atomic E-state index is 13.4. The molecule has 0 spiro atoms. The van der Waals surface area contributed by atoms with Gasteiger partial charge in [-0.25, -0.2) is 0 Å².